The molecule has 0 aliphatic heterocycles. The quantitative estimate of drug-likeness (QED) is 0.858. The van der Waals surface area contributed by atoms with Gasteiger partial charge in [-0.15, -0.1) is 0 Å². The summed E-state index contributed by atoms with van der Waals surface area (Å²) in [5, 5.41) is 2.77. The molecule has 0 bridgehead atoms. The molecule has 1 heterocycles. The Bertz CT molecular complexity index is 534. The van der Waals surface area contributed by atoms with Gasteiger partial charge in [0.2, 0.25) is 5.89 Å². The standard InChI is InChI=1S/C13H13IN2O2/c1-2-11-7-15-12(18-11)8-16-13(17)9-3-5-10(14)6-4-9/h3-7H,2,8H2,1H3,(H,16,17). The van der Waals surface area contributed by atoms with E-state index in [0.717, 1.165) is 15.8 Å². The molecule has 1 aromatic heterocycles. The van der Waals surface area contributed by atoms with Crippen molar-refractivity contribution in [1.82, 2.24) is 10.3 Å². The Hall–Kier alpha value is -1.37. The molecule has 18 heavy (non-hydrogen) atoms. The van der Waals surface area contributed by atoms with Crippen molar-refractivity contribution in [1.29, 1.82) is 0 Å². The summed E-state index contributed by atoms with van der Waals surface area (Å²) in [5.74, 6) is 1.24. The molecular weight excluding hydrogens is 343 g/mol. The van der Waals surface area contributed by atoms with E-state index < -0.39 is 0 Å². The van der Waals surface area contributed by atoms with Gasteiger partial charge in [-0.25, -0.2) is 4.98 Å². The van der Waals surface area contributed by atoms with E-state index in [1.807, 2.05) is 19.1 Å². The molecule has 0 fully saturated rings. The van der Waals surface area contributed by atoms with E-state index in [9.17, 15) is 4.79 Å². The Kier molecular flexibility index (Phi) is 4.35. The van der Waals surface area contributed by atoms with Crippen molar-refractivity contribution in [3.05, 3.63) is 51.2 Å². The van der Waals surface area contributed by atoms with E-state index in [2.05, 4.69) is 32.9 Å². The zero-order chi connectivity index (χ0) is 13.0. The van der Waals surface area contributed by atoms with Gasteiger partial charge in [-0.3, -0.25) is 4.79 Å². The molecule has 0 radical (unpaired) electrons. The average molecular weight is 356 g/mol. The number of aromatic nitrogens is 1. The van der Waals surface area contributed by atoms with Gasteiger partial charge >= 0.3 is 0 Å². The first-order valence-electron chi connectivity index (χ1n) is 5.66. The van der Waals surface area contributed by atoms with Crippen LogP contribution in [-0.2, 0) is 13.0 Å². The predicted octanol–water partition coefficient (Wildman–Crippen LogP) is 2.77. The van der Waals surface area contributed by atoms with Crippen molar-refractivity contribution < 1.29 is 9.21 Å². The van der Waals surface area contributed by atoms with Crippen molar-refractivity contribution in [3.63, 3.8) is 0 Å². The molecule has 0 spiro atoms. The highest BCUT2D eigenvalue weighted by molar-refractivity contribution is 14.1. The Labute approximate surface area is 119 Å². The molecule has 0 aliphatic rings. The van der Waals surface area contributed by atoms with Crippen molar-refractivity contribution in [3.8, 4) is 0 Å². The van der Waals surface area contributed by atoms with E-state index in [1.54, 1.807) is 18.3 Å². The van der Waals surface area contributed by atoms with Crippen LogP contribution in [0.3, 0.4) is 0 Å². The first-order chi connectivity index (χ1) is 8.69. The van der Waals surface area contributed by atoms with Crippen LogP contribution in [-0.4, -0.2) is 10.9 Å². The Morgan fingerprint density at radius 2 is 2.11 bits per heavy atom. The molecule has 2 rings (SSSR count). The average Bonchev–Trinajstić information content (AvgIpc) is 2.85. The molecule has 94 valence electrons. The fraction of sp³-hybridized carbons (Fsp3) is 0.231. The van der Waals surface area contributed by atoms with Crippen molar-refractivity contribution >= 4 is 28.5 Å². The van der Waals surface area contributed by atoms with Crippen LogP contribution in [0.1, 0.15) is 28.9 Å². The van der Waals surface area contributed by atoms with Crippen LogP contribution in [0.25, 0.3) is 0 Å². The second kappa shape index (κ2) is 5.99. The lowest BCUT2D eigenvalue weighted by atomic mass is 10.2. The second-order valence-electron chi connectivity index (χ2n) is 3.76. The monoisotopic (exact) mass is 356 g/mol. The van der Waals surface area contributed by atoms with Gasteiger partial charge in [0.1, 0.15) is 5.76 Å². The second-order valence-corrected chi connectivity index (χ2v) is 5.01. The number of rotatable bonds is 4. The van der Waals surface area contributed by atoms with Crippen molar-refractivity contribution in [2.45, 2.75) is 19.9 Å². The molecule has 2 aromatic rings. The zero-order valence-electron chi connectivity index (χ0n) is 9.94. The first-order valence-corrected chi connectivity index (χ1v) is 6.74. The van der Waals surface area contributed by atoms with Crippen LogP contribution >= 0.6 is 22.6 Å². The molecule has 1 aromatic carbocycles. The first kappa shape index (κ1) is 13.1. The van der Waals surface area contributed by atoms with E-state index in [4.69, 9.17) is 4.42 Å². The van der Waals surface area contributed by atoms with Crippen LogP contribution < -0.4 is 5.32 Å². The van der Waals surface area contributed by atoms with Crippen LogP contribution in [0.2, 0.25) is 0 Å². The van der Waals surface area contributed by atoms with Gasteiger partial charge < -0.3 is 9.73 Å². The molecule has 4 nitrogen and oxygen atoms in total. The van der Waals surface area contributed by atoms with Gasteiger partial charge in [-0.05, 0) is 46.9 Å². The summed E-state index contributed by atoms with van der Waals surface area (Å²) in [5.41, 5.74) is 0.637. The topological polar surface area (TPSA) is 55.1 Å². The number of nitrogens with zero attached hydrogens (tertiary/aromatic N) is 1. The predicted molar refractivity (Wildman–Crippen MR) is 76.2 cm³/mol. The van der Waals surface area contributed by atoms with Crippen LogP contribution in [0.5, 0.6) is 0 Å². The number of hydrogen-bond acceptors (Lipinski definition) is 3. The Morgan fingerprint density at radius 1 is 1.39 bits per heavy atom. The number of halogens is 1. The van der Waals surface area contributed by atoms with Gasteiger partial charge in [0.15, 0.2) is 0 Å². The molecule has 1 N–H and O–H groups in total. The van der Waals surface area contributed by atoms with E-state index in [1.165, 1.54) is 0 Å². The Morgan fingerprint density at radius 3 is 2.72 bits per heavy atom. The number of nitrogens with one attached hydrogen (secondary N) is 1. The molecule has 0 unspecified atom stereocenters. The summed E-state index contributed by atoms with van der Waals surface area (Å²) in [6.45, 7) is 2.30. The van der Waals surface area contributed by atoms with Gasteiger partial charge in [0, 0.05) is 15.6 Å². The maximum atomic E-state index is 11.8. The lowest BCUT2D eigenvalue weighted by molar-refractivity contribution is 0.0947. The van der Waals surface area contributed by atoms with Crippen molar-refractivity contribution in [2.75, 3.05) is 0 Å². The number of hydrogen-bond donors (Lipinski definition) is 1. The summed E-state index contributed by atoms with van der Waals surface area (Å²) >= 11 is 2.20. The number of benzene rings is 1. The molecule has 5 heteroatoms. The van der Waals surface area contributed by atoms with Gasteiger partial charge in [-0.1, -0.05) is 6.92 Å². The maximum Gasteiger partial charge on any atom is 0.251 e. The molecular formula is C13H13IN2O2. The number of oxazole rings is 1. The minimum Gasteiger partial charge on any atom is -0.444 e. The minimum absolute atomic E-state index is 0.123. The summed E-state index contributed by atoms with van der Waals surface area (Å²) < 4.78 is 6.51. The van der Waals surface area contributed by atoms with Gasteiger partial charge in [-0.2, -0.15) is 0 Å². The third kappa shape index (κ3) is 3.32. The van der Waals surface area contributed by atoms with E-state index in [0.29, 0.717) is 18.0 Å². The highest BCUT2D eigenvalue weighted by Gasteiger charge is 2.07. The SMILES string of the molecule is CCc1cnc(CNC(=O)c2ccc(I)cc2)o1. The minimum atomic E-state index is -0.123. The Balaban J connectivity index is 1.93. The van der Waals surface area contributed by atoms with Gasteiger partial charge in [0.25, 0.3) is 5.91 Å². The molecule has 0 saturated carbocycles. The van der Waals surface area contributed by atoms with E-state index >= 15 is 0 Å². The fourth-order valence-electron chi connectivity index (χ4n) is 1.45. The third-order valence-corrected chi connectivity index (χ3v) is 3.18. The summed E-state index contributed by atoms with van der Waals surface area (Å²) in [6.07, 6.45) is 2.49. The van der Waals surface area contributed by atoms with Crippen molar-refractivity contribution in [2.24, 2.45) is 0 Å². The number of carbonyl (C=O) groups excluding carboxylic acids is 1. The zero-order valence-corrected chi connectivity index (χ0v) is 12.1. The molecule has 0 atom stereocenters. The number of carbonyl (C=O) groups is 1. The number of amides is 1. The smallest absolute Gasteiger partial charge is 0.251 e. The highest BCUT2D eigenvalue weighted by Crippen LogP contribution is 2.07. The molecule has 1 amide bonds. The summed E-state index contributed by atoms with van der Waals surface area (Å²) in [7, 11) is 0. The number of aryl methyl sites for hydroxylation is 1. The molecule has 0 saturated heterocycles. The lowest BCUT2D eigenvalue weighted by Gasteiger charge is -2.02. The summed E-state index contributed by atoms with van der Waals surface area (Å²) in [4.78, 5) is 15.9. The van der Waals surface area contributed by atoms with Gasteiger partial charge in [0.05, 0.1) is 12.7 Å². The maximum absolute atomic E-state index is 11.8. The molecule has 0 aliphatic carbocycles. The fourth-order valence-corrected chi connectivity index (χ4v) is 1.81. The highest BCUT2D eigenvalue weighted by atomic mass is 127. The summed E-state index contributed by atoms with van der Waals surface area (Å²) in [6, 6.07) is 7.39. The van der Waals surface area contributed by atoms with Crippen LogP contribution in [0.15, 0.2) is 34.9 Å². The largest absolute Gasteiger partial charge is 0.444 e. The van der Waals surface area contributed by atoms with E-state index in [-0.39, 0.29) is 5.91 Å². The normalized spacial score (nSPS) is 10.3. The van der Waals surface area contributed by atoms with Crippen LogP contribution in [0, 0.1) is 3.57 Å². The van der Waals surface area contributed by atoms with Crippen LogP contribution in [0.4, 0.5) is 0 Å². The lowest BCUT2D eigenvalue weighted by Crippen LogP contribution is -2.22. The third-order valence-electron chi connectivity index (χ3n) is 2.46.